The van der Waals surface area contributed by atoms with Gasteiger partial charge in [0.25, 0.3) is 0 Å². The molecular formula is C26H37ClN6O2. The number of halogens is 1. The number of fused-ring (bicyclic) bond motifs is 1. The summed E-state index contributed by atoms with van der Waals surface area (Å²) in [4.78, 5) is 29.2. The molecule has 1 amide bonds. The molecule has 1 fully saturated rings. The number of carbonyl (C=O) groups excluding carboxylic acids is 1. The van der Waals surface area contributed by atoms with Crippen LogP contribution in [0.4, 0.5) is 5.82 Å². The van der Waals surface area contributed by atoms with Crippen LogP contribution in [0.1, 0.15) is 62.0 Å². The molecule has 1 aliphatic heterocycles. The van der Waals surface area contributed by atoms with Crippen LogP contribution in [0.5, 0.6) is 0 Å². The van der Waals surface area contributed by atoms with Gasteiger partial charge in [-0.05, 0) is 43.9 Å². The first-order valence-electron chi connectivity index (χ1n) is 12.6. The quantitative estimate of drug-likeness (QED) is 0.575. The van der Waals surface area contributed by atoms with Crippen molar-refractivity contribution < 1.29 is 9.90 Å². The van der Waals surface area contributed by atoms with Gasteiger partial charge in [0.2, 0.25) is 5.91 Å². The summed E-state index contributed by atoms with van der Waals surface area (Å²) < 4.78 is 0. The number of amides is 1. The summed E-state index contributed by atoms with van der Waals surface area (Å²) in [5.74, 6) is 0.960. The van der Waals surface area contributed by atoms with Crippen LogP contribution in [-0.4, -0.2) is 82.6 Å². The molecule has 9 heteroatoms. The van der Waals surface area contributed by atoms with Crippen molar-refractivity contribution in [2.24, 2.45) is 5.73 Å². The Labute approximate surface area is 213 Å². The summed E-state index contributed by atoms with van der Waals surface area (Å²) in [6.07, 6.45) is 1.70. The number of aliphatic hydroxyl groups is 1. The van der Waals surface area contributed by atoms with Crippen molar-refractivity contribution in [1.29, 1.82) is 0 Å². The lowest BCUT2D eigenvalue weighted by atomic mass is 9.95. The Morgan fingerprint density at radius 1 is 1.20 bits per heavy atom. The van der Waals surface area contributed by atoms with Crippen molar-refractivity contribution in [3.8, 4) is 0 Å². The van der Waals surface area contributed by atoms with Gasteiger partial charge in [0.05, 0.1) is 17.7 Å². The van der Waals surface area contributed by atoms with Crippen molar-refractivity contribution in [1.82, 2.24) is 19.8 Å². The Morgan fingerprint density at radius 3 is 2.51 bits per heavy atom. The van der Waals surface area contributed by atoms with E-state index in [1.54, 1.807) is 6.33 Å². The molecule has 3 atom stereocenters. The highest BCUT2D eigenvalue weighted by Gasteiger charge is 2.35. The first-order chi connectivity index (χ1) is 16.8. The van der Waals surface area contributed by atoms with Crippen molar-refractivity contribution >= 4 is 23.3 Å². The van der Waals surface area contributed by atoms with E-state index in [-0.39, 0.29) is 23.8 Å². The van der Waals surface area contributed by atoms with Gasteiger partial charge in [-0.1, -0.05) is 30.7 Å². The Kier molecular flexibility index (Phi) is 8.27. The van der Waals surface area contributed by atoms with Crippen molar-refractivity contribution in [3.05, 3.63) is 52.4 Å². The first-order valence-corrected chi connectivity index (χ1v) is 12.9. The predicted molar refractivity (Wildman–Crippen MR) is 139 cm³/mol. The molecule has 0 bridgehead atoms. The molecule has 8 nitrogen and oxygen atoms in total. The average Bonchev–Trinajstić information content (AvgIpc) is 3.15. The van der Waals surface area contributed by atoms with Crippen LogP contribution < -0.4 is 10.6 Å². The number of aliphatic hydroxyl groups excluding tert-OH is 1. The first kappa shape index (κ1) is 25.8. The zero-order chi connectivity index (χ0) is 25.1. The number of benzene rings is 1. The Balaban J connectivity index is 1.50. The number of anilines is 1. The van der Waals surface area contributed by atoms with Gasteiger partial charge in [0, 0.05) is 62.4 Å². The third-order valence-corrected chi connectivity index (χ3v) is 7.56. The molecule has 190 valence electrons. The fraction of sp³-hybridized carbons (Fsp3) is 0.577. The summed E-state index contributed by atoms with van der Waals surface area (Å²) in [7, 11) is 0. The number of carbonyl (C=O) groups is 1. The zero-order valence-electron chi connectivity index (χ0n) is 20.9. The number of hydrogen-bond acceptors (Lipinski definition) is 7. The van der Waals surface area contributed by atoms with Crippen LogP contribution >= 0.6 is 11.6 Å². The fourth-order valence-corrected chi connectivity index (χ4v) is 5.42. The maximum absolute atomic E-state index is 13.8. The van der Waals surface area contributed by atoms with Gasteiger partial charge in [-0.25, -0.2) is 9.97 Å². The van der Waals surface area contributed by atoms with E-state index in [1.807, 2.05) is 29.2 Å². The molecule has 3 N–H and O–H groups in total. The van der Waals surface area contributed by atoms with Crippen molar-refractivity contribution in [2.45, 2.75) is 51.2 Å². The zero-order valence-corrected chi connectivity index (χ0v) is 21.7. The summed E-state index contributed by atoms with van der Waals surface area (Å²) in [5.41, 5.74) is 8.63. The molecule has 2 aromatic rings. The minimum absolute atomic E-state index is 0.131. The van der Waals surface area contributed by atoms with Gasteiger partial charge >= 0.3 is 0 Å². The van der Waals surface area contributed by atoms with Crippen LogP contribution in [0.3, 0.4) is 0 Å². The molecule has 4 rings (SSSR count). The fourth-order valence-electron chi connectivity index (χ4n) is 5.29. The third kappa shape index (κ3) is 5.61. The summed E-state index contributed by atoms with van der Waals surface area (Å²) in [6.45, 7) is 10.9. The molecule has 1 saturated heterocycles. The maximum atomic E-state index is 13.8. The van der Waals surface area contributed by atoms with Crippen LogP contribution in [-0.2, 0) is 4.79 Å². The molecule has 0 radical (unpaired) electrons. The number of nitrogens with two attached hydrogens (primary N) is 1. The second-order valence-corrected chi connectivity index (χ2v) is 10.4. The van der Waals surface area contributed by atoms with Crippen LogP contribution in [0.15, 0.2) is 30.6 Å². The van der Waals surface area contributed by atoms with Gasteiger partial charge < -0.3 is 20.6 Å². The van der Waals surface area contributed by atoms with E-state index in [1.165, 1.54) is 0 Å². The number of nitrogens with zero attached hydrogens (tertiary/aromatic N) is 5. The molecule has 1 aromatic heterocycles. The Bertz CT molecular complexity index is 1010. The molecule has 2 aliphatic rings. The van der Waals surface area contributed by atoms with Gasteiger partial charge in [-0.15, -0.1) is 0 Å². The molecule has 2 heterocycles. The van der Waals surface area contributed by atoms with Gasteiger partial charge in [-0.3, -0.25) is 9.69 Å². The van der Waals surface area contributed by atoms with E-state index in [2.05, 4.69) is 40.5 Å². The van der Waals surface area contributed by atoms with E-state index >= 15 is 0 Å². The topological polar surface area (TPSA) is 98.8 Å². The van der Waals surface area contributed by atoms with E-state index in [0.29, 0.717) is 50.7 Å². The number of aromatic nitrogens is 2. The molecule has 0 saturated carbocycles. The number of rotatable bonds is 8. The largest absolute Gasteiger partial charge is 0.387 e. The predicted octanol–water partition coefficient (Wildman–Crippen LogP) is 2.77. The SMILES string of the molecule is CC(C)N(CCN)C[C@@H](C(=O)N1CCN(c2ncnc3c2[C@H](C)C[C@H]3O)CC1)c1ccc(Cl)cc1. The maximum Gasteiger partial charge on any atom is 0.231 e. The molecule has 1 aromatic carbocycles. The van der Waals surface area contributed by atoms with E-state index < -0.39 is 6.10 Å². The number of piperazine rings is 1. The Hall–Kier alpha value is -2.26. The molecule has 0 spiro atoms. The van der Waals surface area contributed by atoms with Crippen molar-refractivity contribution in [2.75, 3.05) is 50.7 Å². The molecular weight excluding hydrogens is 464 g/mol. The highest BCUT2D eigenvalue weighted by atomic mass is 35.5. The lowest BCUT2D eigenvalue weighted by Gasteiger charge is -2.39. The van der Waals surface area contributed by atoms with Gasteiger partial charge in [-0.2, -0.15) is 0 Å². The van der Waals surface area contributed by atoms with E-state index in [9.17, 15) is 9.90 Å². The van der Waals surface area contributed by atoms with Crippen molar-refractivity contribution in [3.63, 3.8) is 0 Å². The second kappa shape index (κ2) is 11.2. The smallest absolute Gasteiger partial charge is 0.231 e. The standard InChI is InChI=1S/C26H37ClN6O2/c1-17(2)33(9-8-28)15-21(19-4-6-20(27)7-5-19)26(35)32-12-10-31(11-13-32)25-23-18(3)14-22(34)24(23)29-16-30-25/h4-7,16-18,21-22,34H,8-15,28H2,1-3H3/t18-,21-,22-/m1/s1. The van der Waals surface area contributed by atoms with Gasteiger partial charge in [0.15, 0.2) is 0 Å². The normalized spacial score (nSPS) is 21.0. The number of hydrogen-bond donors (Lipinski definition) is 2. The summed E-state index contributed by atoms with van der Waals surface area (Å²) in [5, 5.41) is 11.0. The van der Waals surface area contributed by atoms with Crippen LogP contribution in [0.2, 0.25) is 5.02 Å². The minimum atomic E-state index is -0.526. The highest BCUT2D eigenvalue weighted by molar-refractivity contribution is 6.30. The van der Waals surface area contributed by atoms with Crippen LogP contribution in [0.25, 0.3) is 0 Å². The molecule has 0 unspecified atom stereocenters. The second-order valence-electron chi connectivity index (χ2n) is 9.94. The monoisotopic (exact) mass is 500 g/mol. The molecule has 35 heavy (non-hydrogen) atoms. The average molecular weight is 501 g/mol. The van der Waals surface area contributed by atoms with E-state index in [4.69, 9.17) is 17.3 Å². The molecule has 1 aliphatic carbocycles. The summed E-state index contributed by atoms with van der Waals surface area (Å²) >= 11 is 6.13. The Morgan fingerprint density at radius 2 is 1.89 bits per heavy atom. The highest BCUT2D eigenvalue weighted by Crippen LogP contribution is 2.42. The third-order valence-electron chi connectivity index (χ3n) is 7.30. The lowest BCUT2D eigenvalue weighted by Crippen LogP contribution is -2.52. The van der Waals surface area contributed by atoms with Gasteiger partial charge in [0.1, 0.15) is 12.1 Å². The van der Waals surface area contributed by atoms with Crippen LogP contribution in [0, 0.1) is 0 Å². The minimum Gasteiger partial charge on any atom is -0.387 e. The summed E-state index contributed by atoms with van der Waals surface area (Å²) in [6, 6.07) is 7.90. The lowest BCUT2D eigenvalue weighted by molar-refractivity contribution is -0.133. The van der Waals surface area contributed by atoms with E-state index in [0.717, 1.165) is 29.2 Å².